The van der Waals surface area contributed by atoms with Crippen LogP contribution < -0.4 is 0 Å². The molecule has 0 atom stereocenters. The molecule has 0 spiro atoms. The zero-order valence-electron chi connectivity index (χ0n) is 12.4. The van der Waals surface area contributed by atoms with Crippen LogP contribution in [0.15, 0.2) is 90.1 Å². The van der Waals surface area contributed by atoms with E-state index in [4.69, 9.17) is 11.6 Å². The number of rotatable bonds is 4. The van der Waals surface area contributed by atoms with Gasteiger partial charge in [0.25, 0.3) is 0 Å². The number of hydrogen-bond acceptors (Lipinski definition) is 2. The molecule has 0 unspecified atom stereocenters. The summed E-state index contributed by atoms with van der Waals surface area (Å²) in [5.41, 5.74) is 2.08. The van der Waals surface area contributed by atoms with Crippen LogP contribution in [0.25, 0.3) is 0 Å². The van der Waals surface area contributed by atoms with E-state index in [2.05, 4.69) is 5.16 Å². The standard InChI is InChI=1S/C20H16ClNO/c21-19-14-8-7-13-18(19)20(15-22-23,16-9-3-1-4-10-16)17-11-5-2-6-12-17/h1-15,23H. The van der Waals surface area contributed by atoms with Crippen LogP contribution in [0.2, 0.25) is 5.02 Å². The lowest BCUT2D eigenvalue weighted by molar-refractivity contribution is 0.319. The van der Waals surface area contributed by atoms with Gasteiger partial charge in [-0.25, -0.2) is 0 Å². The van der Waals surface area contributed by atoms with Gasteiger partial charge in [-0.15, -0.1) is 5.16 Å². The third-order valence-electron chi connectivity index (χ3n) is 4.01. The summed E-state index contributed by atoms with van der Waals surface area (Å²) in [6.07, 6.45) is 1.54. The summed E-state index contributed by atoms with van der Waals surface area (Å²) in [5, 5.41) is 13.4. The molecule has 3 rings (SSSR count). The predicted molar refractivity (Wildman–Crippen MR) is 94.5 cm³/mol. The minimum Gasteiger partial charge on any atom is -0.411 e. The van der Waals surface area contributed by atoms with Crippen molar-refractivity contribution in [1.29, 1.82) is 0 Å². The van der Waals surface area contributed by atoms with Crippen molar-refractivity contribution in [2.45, 2.75) is 5.41 Å². The van der Waals surface area contributed by atoms with Crippen LogP contribution in [-0.2, 0) is 5.41 Å². The van der Waals surface area contributed by atoms with Gasteiger partial charge in [0, 0.05) is 5.02 Å². The number of halogens is 1. The number of nitrogens with zero attached hydrogens (tertiary/aromatic N) is 1. The van der Waals surface area contributed by atoms with E-state index >= 15 is 0 Å². The largest absolute Gasteiger partial charge is 0.411 e. The Hall–Kier alpha value is -2.58. The van der Waals surface area contributed by atoms with Crippen LogP contribution in [0.5, 0.6) is 0 Å². The van der Waals surface area contributed by atoms with Crippen LogP contribution in [0, 0.1) is 0 Å². The normalized spacial score (nSPS) is 11.7. The molecule has 0 saturated heterocycles. The number of hydrogen-bond donors (Lipinski definition) is 1. The van der Waals surface area contributed by atoms with Crippen molar-refractivity contribution in [2.75, 3.05) is 0 Å². The zero-order chi connectivity index (χ0) is 16.1. The monoisotopic (exact) mass is 321 g/mol. The summed E-state index contributed by atoms with van der Waals surface area (Å²) in [4.78, 5) is 0. The summed E-state index contributed by atoms with van der Waals surface area (Å²) in [5.74, 6) is 0. The molecule has 0 heterocycles. The molecule has 0 aliphatic rings. The molecule has 114 valence electrons. The molecular formula is C20H16ClNO. The topological polar surface area (TPSA) is 32.6 Å². The molecule has 0 bridgehead atoms. The maximum Gasteiger partial charge on any atom is 0.0851 e. The van der Waals surface area contributed by atoms with Crippen molar-refractivity contribution < 1.29 is 5.21 Å². The maximum atomic E-state index is 9.40. The van der Waals surface area contributed by atoms with E-state index in [1.165, 1.54) is 0 Å². The Labute approximate surface area is 140 Å². The first kappa shape index (κ1) is 15.3. The average molecular weight is 322 g/mol. The van der Waals surface area contributed by atoms with Gasteiger partial charge in [-0.2, -0.15) is 0 Å². The fourth-order valence-electron chi connectivity index (χ4n) is 2.97. The van der Waals surface area contributed by atoms with Gasteiger partial charge in [0.1, 0.15) is 0 Å². The minimum absolute atomic E-state index is 0.625. The van der Waals surface area contributed by atoms with Gasteiger partial charge in [0.15, 0.2) is 0 Å². The van der Waals surface area contributed by atoms with Gasteiger partial charge >= 0.3 is 0 Å². The summed E-state index contributed by atoms with van der Waals surface area (Å²) < 4.78 is 0. The second-order valence-electron chi connectivity index (χ2n) is 5.26. The Morgan fingerprint density at radius 1 is 0.739 bits per heavy atom. The van der Waals surface area contributed by atoms with Crippen LogP contribution in [0.4, 0.5) is 0 Å². The van der Waals surface area contributed by atoms with Crippen molar-refractivity contribution in [2.24, 2.45) is 5.16 Å². The summed E-state index contributed by atoms with van der Waals surface area (Å²) in [6, 6.07) is 27.5. The Balaban J connectivity index is 2.39. The zero-order valence-corrected chi connectivity index (χ0v) is 13.2. The van der Waals surface area contributed by atoms with Crippen molar-refractivity contribution >= 4 is 17.8 Å². The first-order valence-corrected chi connectivity index (χ1v) is 7.71. The van der Waals surface area contributed by atoms with Crippen LogP contribution in [-0.4, -0.2) is 11.4 Å². The molecule has 1 N–H and O–H groups in total. The molecule has 0 radical (unpaired) electrons. The van der Waals surface area contributed by atoms with Crippen LogP contribution in [0.1, 0.15) is 16.7 Å². The highest BCUT2D eigenvalue weighted by molar-refractivity contribution is 6.31. The van der Waals surface area contributed by atoms with E-state index in [1.807, 2.05) is 84.9 Å². The first-order valence-electron chi connectivity index (χ1n) is 7.33. The molecule has 0 saturated carbocycles. The van der Waals surface area contributed by atoms with Crippen LogP contribution in [0.3, 0.4) is 0 Å². The Morgan fingerprint density at radius 3 is 1.70 bits per heavy atom. The molecule has 0 aromatic heterocycles. The van der Waals surface area contributed by atoms with E-state index in [0.717, 1.165) is 16.7 Å². The lowest BCUT2D eigenvalue weighted by atomic mass is 9.70. The highest BCUT2D eigenvalue weighted by atomic mass is 35.5. The van der Waals surface area contributed by atoms with Gasteiger partial charge in [-0.3, -0.25) is 0 Å². The Morgan fingerprint density at radius 2 is 1.22 bits per heavy atom. The molecule has 0 amide bonds. The third kappa shape index (κ3) is 2.73. The van der Waals surface area contributed by atoms with Gasteiger partial charge in [-0.05, 0) is 22.8 Å². The molecular weight excluding hydrogens is 306 g/mol. The van der Waals surface area contributed by atoms with Crippen molar-refractivity contribution in [3.8, 4) is 0 Å². The smallest absolute Gasteiger partial charge is 0.0851 e. The van der Waals surface area contributed by atoms with Crippen molar-refractivity contribution in [3.05, 3.63) is 107 Å². The molecule has 2 nitrogen and oxygen atoms in total. The third-order valence-corrected chi connectivity index (χ3v) is 4.34. The quantitative estimate of drug-likeness (QED) is 0.307. The van der Waals surface area contributed by atoms with E-state index < -0.39 is 5.41 Å². The molecule has 23 heavy (non-hydrogen) atoms. The summed E-state index contributed by atoms with van der Waals surface area (Å²) in [7, 11) is 0. The summed E-state index contributed by atoms with van der Waals surface area (Å²) in [6.45, 7) is 0. The van der Waals surface area contributed by atoms with E-state index in [0.29, 0.717) is 5.02 Å². The first-order chi connectivity index (χ1) is 11.3. The highest BCUT2D eigenvalue weighted by Gasteiger charge is 2.36. The molecule has 0 aliphatic carbocycles. The van der Waals surface area contributed by atoms with E-state index in [1.54, 1.807) is 6.21 Å². The fourth-order valence-corrected chi connectivity index (χ4v) is 3.25. The lowest BCUT2D eigenvalue weighted by Gasteiger charge is -2.32. The van der Waals surface area contributed by atoms with Gasteiger partial charge in [0.2, 0.25) is 0 Å². The van der Waals surface area contributed by atoms with Crippen molar-refractivity contribution in [3.63, 3.8) is 0 Å². The maximum absolute atomic E-state index is 9.40. The molecule has 3 aromatic carbocycles. The van der Waals surface area contributed by atoms with Gasteiger partial charge < -0.3 is 5.21 Å². The van der Waals surface area contributed by atoms with Gasteiger partial charge in [0.05, 0.1) is 11.6 Å². The van der Waals surface area contributed by atoms with Crippen molar-refractivity contribution in [1.82, 2.24) is 0 Å². The minimum atomic E-state index is -0.754. The number of oxime groups is 1. The fraction of sp³-hybridized carbons (Fsp3) is 0.0500. The number of benzene rings is 3. The Kier molecular flexibility index (Phi) is 4.45. The second-order valence-corrected chi connectivity index (χ2v) is 5.67. The Bertz CT molecular complexity index is 761. The summed E-state index contributed by atoms with van der Waals surface area (Å²) >= 11 is 6.50. The van der Waals surface area contributed by atoms with Gasteiger partial charge in [-0.1, -0.05) is 90.5 Å². The van der Waals surface area contributed by atoms with E-state index in [-0.39, 0.29) is 0 Å². The average Bonchev–Trinajstić information content (AvgIpc) is 2.62. The molecule has 3 heteroatoms. The predicted octanol–water partition coefficient (Wildman–Crippen LogP) is 5.13. The molecule has 3 aromatic rings. The SMILES string of the molecule is ON=CC(c1ccccc1)(c1ccccc1)c1ccccc1Cl. The van der Waals surface area contributed by atoms with E-state index in [9.17, 15) is 5.21 Å². The molecule has 0 fully saturated rings. The highest BCUT2D eigenvalue weighted by Crippen LogP contribution is 2.40. The van der Waals surface area contributed by atoms with Crippen LogP contribution >= 0.6 is 11.6 Å². The lowest BCUT2D eigenvalue weighted by Crippen LogP contribution is -2.31. The molecule has 0 aliphatic heterocycles. The second kappa shape index (κ2) is 6.67.